The van der Waals surface area contributed by atoms with Crippen LogP contribution in [0.4, 0.5) is 10.2 Å². The number of nitrogens with zero attached hydrogens (tertiary/aromatic N) is 2. The molecule has 3 rings (SSSR count). The van der Waals surface area contributed by atoms with Crippen molar-refractivity contribution < 1.29 is 90.3 Å². The molecule has 0 radical (unpaired) electrons. The number of benzene rings is 1. The number of pyridine rings is 2. The minimum absolute atomic E-state index is 0.0293. The molecule has 2 aromatic heterocycles. The van der Waals surface area contributed by atoms with E-state index in [1.165, 1.54) is 30.5 Å². The van der Waals surface area contributed by atoms with E-state index in [0.717, 1.165) is 6.07 Å². The Kier molecular flexibility index (Phi) is 42.5. The molecule has 1 aromatic carbocycles. The summed E-state index contributed by atoms with van der Waals surface area (Å²) < 4.78 is 78.8. The molecular formula is C55H82Cl2FN7O18. The number of unbranched alkanes of at least 4 members (excludes halogenated alkanes) is 1. The topological polar surface area (TPSA) is 302 Å². The highest BCUT2D eigenvalue weighted by atomic mass is 35.5. The molecule has 2 heterocycles. The number of hydrogen-bond acceptors (Lipinski definition) is 20. The SMILES string of the molecule is O=C(O)CC(NC(=O)C(CNC(=O)CCOCCOCCOCCOCCOCCOCCOCCOCCOCCOCCOCCOCCNC(=O)c1ccc([18F])nc1)NC(=O)CCCCNc1ccccn1)c1cc(Cl)cc(Cl)c1. The van der Waals surface area contributed by atoms with E-state index >= 15 is 0 Å². The number of carbonyl (C=O) groups excluding carboxylic acids is 4. The summed E-state index contributed by atoms with van der Waals surface area (Å²) in [6.07, 6.45) is 3.57. The van der Waals surface area contributed by atoms with Crippen LogP contribution in [-0.2, 0) is 76.0 Å². The Labute approximate surface area is 494 Å². The summed E-state index contributed by atoms with van der Waals surface area (Å²) in [6, 6.07) is 10.2. The number of aromatic nitrogens is 2. The van der Waals surface area contributed by atoms with Crippen molar-refractivity contribution in [3.05, 3.63) is 88.0 Å². The van der Waals surface area contributed by atoms with E-state index in [2.05, 4.69) is 36.6 Å². The van der Waals surface area contributed by atoms with Crippen LogP contribution in [-0.4, -0.2) is 229 Å². The highest BCUT2D eigenvalue weighted by molar-refractivity contribution is 6.34. The molecule has 83 heavy (non-hydrogen) atoms. The molecule has 28 heteroatoms. The summed E-state index contributed by atoms with van der Waals surface area (Å²) in [6.45, 7) is 9.81. The summed E-state index contributed by atoms with van der Waals surface area (Å²) in [5, 5.41) is 23.9. The standard InChI is InChI=1S/C55H82Cl2FN7O18/c56-45-37-44(38-46(57)39-45)47(40-53(68)69)65-55(71)48(64-52(67)6-2-4-11-60-50-5-1-3-10-59-50)42-63-51(66)9-13-72-15-17-74-19-21-76-23-25-78-27-29-80-31-33-82-35-36-83-34-32-81-30-28-79-26-24-77-22-20-75-18-16-73-14-12-61-54(70)43-7-8-49(58)62-41-43/h1,3,5,7-8,10,37-39,41,47-48H,2,4,6,9,11-36,40,42H2,(H,59,60)(H,61,70)(H,63,66)(H,64,67)(H,65,71)(H,68,69)/i58-1. The van der Waals surface area contributed by atoms with Crippen molar-refractivity contribution >= 4 is 58.6 Å². The maximum atomic E-state index is 13.6. The largest absolute Gasteiger partial charge is 0.481 e. The van der Waals surface area contributed by atoms with Crippen molar-refractivity contribution in [3.8, 4) is 0 Å². The van der Waals surface area contributed by atoms with Crippen LogP contribution in [0.2, 0.25) is 10.0 Å². The fourth-order valence-electron chi connectivity index (χ4n) is 6.88. The smallest absolute Gasteiger partial charge is 0.305 e. The predicted octanol–water partition coefficient (Wildman–Crippen LogP) is 3.46. The molecule has 0 saturated carbocycles. The van der Waals surface area contributed by atoms with Gasteiger partial charge in [0, 0.05) is 54.9 Å². The van der Waals surface area contributed by atoms with Gasteiger partial charge < -0.3 is 88.5 Å². The highest BCUT2D eigenvalue weighted by Gasteiger charge is 2.26. The molecule has 3 aromatic rings. The van der Waals surface area contributed by atoms with Crippen molar-refractivity contribution in [2.75, 3.05) is 184 Å². The van der Waals surface area contributed by atoms with E-state index in [1.54, 1.807) is 6.20 Å². The lowest BCUT2D eigenvalue weighted by atomic mass is 10.0. The third kappa shape index (κ3) is 39.8. The van der Waals surface area contributed by atoms with E-state index in [4.69, 9.17) is 80.0 Å². The molecule has 2 atom stereocenters. The quantitative estimate of drug-likeness (QED) is 0.0348. The maximum absolute atomic E-state index is 13.6. The lowest BCUT2D eigenvalue weighted by Crippen LogP contribution is -2.53. The molecule has 4 amide bonds. The van der Waals surface area contributed by atoms with Gasteiger partial charge >= 0.3 is 5.97 Å². The van der Waals surface area contributed by atoms with Crippen LogP contribution in [0.5, 0.6) is 0 Å². The molecule has 466 valence electrons. The first-order valence-corrected chi connectivity index (χ1v) is 28.3. The molecular weight excluding hydrogens is 1140 g/mol. The average molecular weight is 1220 g/mol. The molecule has 0 saturated heterocycles. The number of hydrogen-bond donors (Lipinski definition) is 6. The second-order valence-corrected chi connectivity index (χ2v) is 18.5. The number of amides is 4. The monoisotopic (exact) mass is 1220 g/mol. The third-order valence-corrected chi connectivity index (χ3v) is 11.5. The number of carboxylic acids is 1. The predicted molar refractivity (Wildman–Crippen MR) is 302 cm³/mol. The van der Waals surface area contributed by atoms with Crippen LogP contribution in [0.1, 0.15) is 54.1 Å². The van der Waals surface area contributed by atoms with E-state index in [-0.39, 0.29) is 60.7 Å². The number of aliphatic carboxylic acids is 1. The van der Waals surface area contributed by atoms with Crippen LogP contribution in [0.3, 0.4) is 0 Å². The zero-order valence-electron chi connectivity index (χ0n) is 47.0. The van der Waals surface area contributed by atoms with E-state index < -0.39 is 48.1 Å². The van der Waals surface area contributed by atoms with Crippen molar-refractivity contribution in [1.82, 2.24) is 31.2 Å². The van der Waals surface area contributed by atoms with Crippen LogP contribution in [0.25, 0.3) is 0 Å². The van der Waals surface area contributed by atoms with Gasteiger partial charge in [0.05, 0.1) is 177 Å². The van der Waals surface area contributed by atoms with Gasteiger partial charge in [0.15, 0.2) is 0 Å². The van der Waals surface area contributed by atoms with Gasteiger partial charge in [0.1, 0.15) is 11.9 Å². The average Bonchev–Trinajstić information content (AvgIpc) is 3.55. The molecule has 0 aliphatic carbocycles. The number of carbonyl (C=O) groups is 5. The van der Waals surface area contributed by atoms with Gasteiger partial charge in [-0.3, -0.25) is 24.0 Å². The first-order valence-electron chi connectivity index (χ1n) is 27.5. The first-order chi connectivity index (χ1) is 40.5. The van der Waals surface area contributed by atoms with Gasteiger partial charge in [-0.15, -0.1) is 0 Å². The van der Waals surface area contributed by atoms with Gasteiger partial charge in [-0.05, 0) is 60.9 Å². The number of rotatable bonds is 54. The second kappa shape index (κ2) is 49.0. The van der Waals surface area contributed by atoms with Gasteiger partial charge in [0.2, 0.25) is 23.7 Å². The molecule has 25 nitrogen and oxygen atoms in total. The second-order valence-electron chi connectivity index (χ2n) is 17.6. The van der Waals surface area contributed by atoms with Crippen molar-refractivity contribution in [2.24, 2.45) is 0 Å². The Morgan fingerprint density at radius 2 is 1.00 bits per heavy atom. The molecule has 0 aliphatic rings. The Hall–Kier alpha value is -5.30. The molecule has 0 aliphatic heterocycles. The van der Waals surface area contributed by atoms with Crippen molar-refractivity contribution in [2.45, 2.75) is 44.2 Å². The first kappa shape index (κ1) is 72.0. The van der Waals surface area contributed by atoms with Crippen LogP contribution >= 0.6 is 23.2 Å². The Morgan fingerprint density at radius 1 is 0.518 bits per heavy atom. The normalized spacial score (nSPS) is 11.9. The van der Waals surface area contributed by atoms with Gasteiger partial charge in [-0.25, -0.2) is 9.97 Å². The minimum Gasteiger partial charge on any atom is -0.481 e. The number of anilines is 1. The van der Waals surface area contributed by atoms with Crippen molar-refractivity contribution in [1.29, 1.82) is 0 Å². The fraction of sp³-hybridized carbons (Fsp3) is 0.618. The van der Waals surface area contributed by atoms with E-state index in [0.29, 0.717) is 176 Å². The minimum atomic E-state index is -1.23. The van der Waals surface area contributed by atoms with Gasteiger partial charge in [0.25, 0.3) is 5.91 Å². The number of halogens is 3. The van der Waals surface area contributed by atoms with Crippen LogP contribution in [0.15, 0.2) is 60.9 Å². The molecule has 6 N–H and O–H groups in total. The molecule has 2 unspecified atom stereocenters. The van der Waals surface area contributed by atoms with Crippen molar-refractivity contribution in [3.63, 3.8) is 0 Å². The lowest BCUT2D eigenvalue weighted by molar-refractivity contribution is -0.138. The Bertz CT molecular complexity index is 2170. The number of carboxylic acid groups (broad SMARTS) is 1. The van der Waals surface area contributed by atoms with Gasteiger partial charge in [-0.1, -0.05) is 29.3 Å². The van der Waals surface area contributed by atoms with E-state index in [9.17, 15) is 33.5 Å². The Balaban J connectivity index is 1.05. The molecule has 0 spiro atoms. The number of nitrogens with one attached hydrogen (secondary N) is 5. The van der Waals surface area contributed by atoms with Crippen LogP contribution < -0.4 is 26.6 Å². The lowest BCUT2D eigenvalue weighted by Gasteiger charge is -2.24. The maximum Gasteiger partial charge on any atom is 0.305 e. The summed E-state index contributed by atoms with van der Waals surface area (Å²) in [7, 11) is 0. The van der Waals surface area contributed by atoms with Crippen LogP contribution in [0, 0.1) is 5.95 Å². The highest BCUT2D eigenvalue weighted by Crippen LogP contribution is 2.26. The summed E-state index contributed by atoms with van der Waals surface area (Å²) in [5.41, 5.74) is 0.633. The molecule has 0 fully saturated rings. The van der Waals surface area contributed by atoms with Gasteiger partial charge in [-0.2, -0.15) is 4.39 Å². The summed E-state index contributed by atoms with van der Waals surface area (Å²) in [4.78, 5) is 70.6. The zero-order valence-corrected chi connectivity index (χ0v) is 48.5. The van der Waals surface area contributed by atoms with E-state index in [1.807, 2.05) is 18.2 Å². The summed E-state index contributed by atoms with van der Waals surface area (Å²) in [5.74, 6) is -3.04. The molecule has 0 bridgehead atoms. The Morgan fingerprint density at radius 3 is 1.45 bits per heavy atom. The zero-order chi connectivity index (χ0) is 59.6. The summed E-state index contributed by atoms with van der Waals surface area (Å²) >= 11 is 12.3. The number of ether oxygens (including phenoxy) is 12. The fourth-order valence-corrected chi connectivity index (χ4v) is 7.43. The third-order valence-electron chi connectivity index (χ3n) is 11.0.